The number of benzene rings is 2. The molecule has 0 radical (unpaired) electrons. The number of carbonyl (C=O) groups excluding carboxylic acids is 2. The standard InChI is InChI=1S/C29H23BrN4O2S/c30-19-12-13-23-22(15-19)26(29(36)34(23)17-18-7-2-1-3-8-18)33-28-25(21-10-4-5-11-24(21)37-28)27(35)32-20-9-6-14-31-16-20/h1-3,6-9,12-16H,4-5,10-11,17H2,(H,32,35). The first kappa shape index (κ1) is 23.8. The predicted octanol–water partition coefficient (Wildman–Crippen LogP) is 6.70. The van der Waals surface area contributed by atoms with E-state index in [4.69, 9.17) is 4.99 Å². The summed E-state index contributed by atoms with van der Waals surface area (Å²) in [5.41, 5.74) is 5.23. The van der Waals surface area contributed by atoms with Gasteiger partial charge in [0.1, 0.15) is 10.7 Å². The summed E-state index contributed by atoms with van der Waals surface area (Å²) < 4.78 is 0.869. The number of carbonyl (C=O) groups is 2. The van der Waals surface area contributed by atoms with Gasteiger partial charge >= 0.3 is 0 Å². The molecule has 0 spiro atoms. The SMILES string of the molecule is O=C(Nc1cccnc1)c1c(N=C2C(=O)N(Cc3ccccc3)c3ccc(Br)cc32)sc2c1CCCC2. The molecule has 2 amide bonds. The molecular weight excluding hydrogens is 548 g/mol. The van der Waals surface area contributed by atoms with Crippen molar-refractivity contribution in [2.45, 2.75) is 32.2 Å². The summed E-state index contributed by atoms with van der Waals surface area (Å²) in [4.78, 5) is 39.3. The number of thiophene rings is 1. The summed E-state index contributed by atoms with van der Waals surface area (Å²) in [5, 5.41) is 3.56. The Morgan fingerprint density at radius 3 is 2.73 bits per heavy atom. The molecule has 6 rings (SSSR count). The molecule has 2 aliphatic rings. The van der Waals surface area contributed by atoms with E-state index in [9.17, 15) is 9.59 Å². The fourth-order valence-corrected chi connectivity index (χ4v) is 6.54. The second kappa shape index (κ2) is 10.0. The van der Waals surface area contributed by atoms with Crippen LogP contribution in [-0.4, -0.2) is 22.5 Å². The van der Waals surface area contributed by atoms with Crippen molar-refractivity contribution in [2.75, 3.05) is 10.2 Å². The zero-order valence-electron chi connectivity index (χ0n) is 19.9. The highest BCUT2D eigenvalue weighted by Crippen LogP contribution is 2.42. The Morgan fingerprint density at radius 1 is 1.08 bits per heavy atom. The second-order valence-electron chi connectivity index (χ2n) is 9.09. The largest absolute Gasteiger partial charge is 0.320 e. The third-order valence-corrected chi connectivity index (χ3v) is 8.33. The Morgan fingerprint density at radius 2 is 1.92 bits per heavy atom. The lowest BCUT2D eigenvalue weighted by Crippen LogP contribution is -2.29. The summed E-state index contributed by atoms with van der Waals surface area (Å²) >= 11 is 5.08. The van der Waals surface area contributed by atoms with Crippen molar-refractivity contribution in [3.05, 3.63) is 105 Å². The number of pyridine rings is 1. The third kappa shape index (κ3) is 4.63. The number of hydrogen-bond acceptors (Lipinski definition) is 5. The van der Waals surface area contributed by atoms with Gasteiger partial charge in [0.05, 0.1) is 29.7 Å². The lowest BCUT2D eigenvalue weighted by molar-refractivity contribution is -0.112. The molecule has 2 aromatic heterocycles. The van der Waals surface area contributed by atoms with Crippen LogP contribution in [0.4, 0.5) is 16.4 Å². The van der Waals surface area contributed by atoms with E-state index in [1.807, 2.05) is 54.6 Å². The van der Waals surface area contributed by atoms with Crippen LogP contribution < -0.4 is 10.2 Å². The lowest BCUT2D eigenvalue weighted by atomic mass is 9.95. The van der Waals surface area contributed by atoms with Crippen LogP contribution >= 0.6 is 27.3 Å². The highest BCUT2D eigenvalue weighted by atomic mass is 79.9. The first-order valence-electron chi connectivity index (χ1n) is 12.2. The molecule has 1 N–H and O–H groups in total. The summed E-state index contributed by atoms with van der Waals surface area (Å²) in [6, 6.07) is 19.3. The van der Waals surface area contributed by atoms with Gasteiger partial charge in [-0.1, -0.05) is 46.3 Å². The van der Waals surface area contributed by atoms with Crippen molar-refractivity contribution in [3.63, 3.8) is 0 Å². The molecule has 0 saturated heterocycles. The van der Waals surface area contributed by atoms with Crippen molar-refractivity contribution in [1.29, 1.82) is 0 Å². The summed E-state index contributed by atoms with van der Waals surface area (Å²) in [6.45, 7) is 0.447. The number of rotatable bonds is 5. The third-order valence-electron chi connectivity index (χ3n) is 6.65. The van der Waals surface area contributed by atoms with Crippen LogP contribution in [0.3, 0.4) is 0 Å². The van der Waals surface area contributed by atoms with Crippen LogP contribution in [0.1, 0.15) is 44.8 Å². The highest BCUT2D eigenvalue weighted by Gasteiger charge is 2.35. The number of halogens is 1. The molecule has 2 aromatic carbocycles. The van der Waals surface area contributed by atoms with Crippen molar-refractivity contribution in [1.82, 2.24) is 4.98 Å². The molecule has 8 heteroatoms. The van der Waals surface area contributed by atoms with Gasteiger partial charge in [0.15, 0.2) is 0 Å². The first-order chi connectivity index (χ1) is 18.1. The molecule has 0 atom stereocenters. The summed E-state index contributed by atoms with van der Waals surface area (Å²) in [7, 11) is 0. The summed E-state index contributed by atoms with van der Waals surface area (Å²) in [5.74, 6) is -0.380. The Balaban J connectivity index is 1.44. The maximum absolute atomic E-state index is 13.8. The zero-order valence-corrected chi connectivity index (χ0v) is 22.3. The number of anilines is 2. The van der Waals surface area contributed by atoms with Gasteiger partial charge < -0.3 is 10.2 Å². The van der Waals surface area contributed by atoms with Crippen LogP contribution in [0.15, 0.2) is 82.5 Å². The van der Waals surface area contributed by atoms with Gasteiger partial charge in [0.2, 0.25) is 0 Å². The normalized spacial score (nSPS) is 15.5. The van der Waals surface area contributed by atoms with Crippen LogP contribution in [0, 0.1) is 0 Å². The minimum Gasteiger partial charge on any atom is -0.320 e. The molecule has 0 fully saturated rings. The quantitative estimate of drug-likeness (QED) is 0.290. The topological polar surface area (TPSA) is 74.7 Å². The van der Waals surface area contributed by atoms with Crippen LogP contribution in [0.25, 0.3) is 0 Å². The zero-order chi connectivity index (χ0) is 25.4. The monoisotopic (exact) mass is 570 g/mol. The van der Waals surface area contributed by atoms with E-state index < -0.39 is 0 Å². The minimum atomic E-state index is -0.215. The first-order valence-corrected chi connectivity index (χ1v) is 13.8. The summed E-state index contributed by atoms with van der Waals surface area (Å²) in [6.07, 6.45) is 7.18. The van der Waals surface area contributed by atoms with Crippen LogP contribution in [0.5, 0.6) is 0 Å². The molecule has 0 bridgehead atoms. The van der Waals surface area contributed by atoms with Crippen LogP contribution in [-0.2, 0) is 24.2 Å². The molecule has 37 heavy (non-hydrogen) atoms. The number of amides is 2. The van der Waals surface area contributed by atoms with Crippen LogP contribution in [0.2, 0.25) is 0 Å². The van der Waals surface area contributed by atoms with Crippen molar-refractivity contribution >= 4 is 61.2 Å². The fourth-order valence-electron chi connectivity index (χ4n) is 4.91. The van der Waals surface area contributed by atoms with E-state index in [1.54, 1.807) is 23.4 Å². The van der Waals surface area contributed by atoms with E-state index in [1.165, 1.54) is 16.2 Å². The number of aromatic nitrogens is 1. The Bertz CT molecular complexity index is 1530. The van der Waals surface area contributed by atoms with E-state index in [0.29, 0.717) is 28.5 Å². The average Bonchev–Trinajstić information content (AvgIpc) is 3.40. The van der Waals surface area contributed by atoms with E-state index in [-0.39, 0.29) is 11.8 Å². The minimum absolute atomic E-state index is 0.165. The lowest BCUT2D eigenvalue weighted by Gasteiger charge is -2.17. The van der Waals surface area contributed by atoms with Crippen molar-refractivity contribution in [2.24, 2.45) is 4.99 Å². The molecule has 0 saturated carbocycles. The molecule has 6 nitrogen and oxygen atoms in total. The fraction of sp³-hybridized carbons (Fsp3) is 0.172. The van der Waals surface area contributed by atoms with Gasteiger partial charge in [-0.2, -0.15) is 0 Å². The van der Waals surface area contributed by atoms with Gasteiger partial charge in [-0.05, 0) is 67.1 Å². The Kier molecular flexibility index (Phi) is 6.44. The number of fused-ring (bicyclic) bond motifs is 2. The van der Waals surface area contributed by atoms with Gasteiger partial charge in [0, 0.05) is 21.1 Å². The number of nitrogens with zero attached hydrogens (tertiary/aromatic N) is 3. The van der Waals surface area contributed by atoms with Crippen molar-refractivity contribution < 1.29 is 9.59 Å². The van der Waals surface area contributed by atoms with Gasteiger partial charge in [-0.3, -0.25) is 14.6 Å². The Hall–Kier alpha value is -3.62. The maximum Gasteiger partial charge on any atom is 0.277 e. The number of hydrogen-bond donors (Lipinski definition) is 1. The molecule has 4 aromatic rings. The van der Waals surface area contributed by atoms with Gasteiger partial charge in [-0.15, -0.1) is 11.3 Å². The maximum atomic E-state index is 13.8. The predicted molar refractivity (Wildman–Crippen MR) is 151 cm³/mol. The highest BCUT2D eigenvalue weighted by molar-refractivity contribution is 9.10. The molecule has 184 valence electrons. The van der Waals surface area contributed by atoms with E-state index in [2.05, 4.69) is 26.2 Å². The molecule has 0 unspecified atom stereocenters. The molecule has 1 aliphatic carbocycles. The van der Waals surface area contributed by atoms with Gasteiger partial charge in [0.25, 0.3) is 11.8 Å². The smallest absolute Gasteiger partial charge is 0.277 e. The average molecular weight is 571 g/mol. The second-order valence-corrected chi connectivity index (χ2v) is 11.1. The molecule has 3 heterocycles. The number of aryl methyl sites for hydroxylation is 1. The van der Waals surface area contributed by atoms with Gasteiger partial charge in [-0.25, -0.2) is 4.99 Å². The van der Waals surface area contributed by atoms with Crippen molar-refractivity contribution in [3.8, 4) is 0 Å². The molecular formula is C29H23BrN4O2S. The Labute approximate surface area is 227 Å². The van der Waals surface area contributed by atoms with E-state index >= 15 is 0 Å². The number of aliphatic imine (C=N–C) groups is 1. The molecule has 1 aliphatic heterocycles. The van der Waals surface area contributed by atoms with E-state index in [0.717, 1.165) is 52.5 Å². The number of nitrogens with one attached hydrogen (secondary N) is 1.